The van der Waals surface area contributed by atoms with Gasteiger partial charge in [-0.05, 0) is 50.3 Å². The third-order valence-corrected chi connectivity index (χ3v) is 4.13. The smallest absolute Gasteiger partial charge is 0.368 e. The first-order valence-electron chi connectivity index (χ1n) is 8.58. The topological polar surface area (TPSA) is 58.6 Å². The van der Waals surface area contributed by atoms with Gasteiger partial charge in [-0.3, -0.25) is 9.59 Å². The van der Waals surface area contributed by atoms with Gasteiger partial charge in [0.15, 0.2) is 0 Å². The monoisotopic (exact) mass is 372 g/mol. The van der Waals surface area contributed by atoms with Crippen LogP contribution in [0.2, 0.25) is 0 Å². The van der Waals surface area contributed by atoms with Crippen LogP contribution in [-0.2, 0) is 20.9 Å². The van der Waals surface area contributed by atoms with Crippen LogP contribution >= 0.6 is 0 Å². The lowest BCUT2D eigenvalue weighted by atomic mass is 10.1. The zero-order valence-electron chi connectivity index (χ0n) is 14.8. The number of anilines is 1. The van der Waals surface area contributed by atoms with E-state index in [1.165, 1.54) is 6.92 Å². The van der Waals surface area contributed by atoms with Crippen molar-refractivity contribution in [3.05, 3.63) is 29.8 Å². The molecule has 1 unspecified atom stereocenters. The molecule has 0 spiro atoms. The minimum atomic E-state index is -4.91. The molecule has 144 valence electrons. The Labute approximate surface area is 150 Å². The van der Waals surface area contributed by atoms with Gasteiger partial charge in [0, 0.05) is 18.8 Å². The number of hydrogen-bond acceptors (Lipinski definition) is 3. The maximum atomic E-state index is 12.6. The van der Waals surface area contributed by atoms with E-state index in [-0.39, 0.29) is 19.0 Å². The number of rotatable bonds is 8. The van der Waals surface area contributed by atoms with E-state index in [4.69, 9.17) is 4.74 Å². The molecule has 5 nitrogen and oxygen atoms in total. The third-order valence-electron chi connectivity index (χ3n) is 4.13. The predicted octanol–water partition coefficient (Wildman–Crippen LogP) is 3.35. The van der Waals surface area contributed by atoms with Crippen molar-refractivity contribution < 1.29 is 27.5 Å². The fourth-order valence-electron chi connectivity index (χ4n) is 2.36. The molecule has 0 radical (unpaired) electrons. The van der Waals surface area contributed by atoms with E-state index >= 15 is 0 Å². The Bertz CT molecular complexity index is 645. The van der Waals surface area contributed by atoms with E-state index in [1.807, 2.05) is 0 Å². The normalized spacial score (nSPS) is 15.4. The van der Waals surface area contributed by atoms with Crippen molar-refractivity contribution in [2.45, 2.75) is 45.5 Å². The van der Waals surface area contributed by atoms with Crippen LogP contribution in [0.15, 0.2) is 24.3 Å². The van der Waals surface area contributed by atoms with Crippen LogP contribution in [0.4, 0.5) is 18.9 Å². The Hall–Kier alpha value is -2.09. The van der Waals surface area contributed by atoms with Gasteiger partial charge >= 0.3 is 12.1 Å². The van der Waals surface area contributed by atoms with Crippen molar-refractivity contribution in [1.82, 2.24) is 4.90 Å². The fourth-order valence-corrected chi connectivity index (χ4v) is 2.36. The van der Waals surface area contributed by atoms with Gasteiger partial charge < -0.3 is 15.0 Å². The number of halogens is 3. The Morgan fingerprint density at radius 2 is 2.04 bits per heavy atom. The molecule has 1 atom stereocenters. The highest BCUT2D eigenvalue weighted by atomic mass is 19.4. The molecule has 1 aromatic rings. The minimum Gasteiger partial charge on any atom is -0.368 e. The quantitative estimate of drug-likeness (QED) is 0.761. The summed E-state index contributed by atoms with van der Waals surface area (Å²) in [5.74, 6) is -1.65. The second kappa shape index (κ2) is 8.53. The van der Waals surface area contributed by atoms with Gasteiger partial charge in [0.1, 0.15) is 6.10 Å². The highest BCUT2D eigenvalue weighted by molar-refractivity contribution is 5.94. The summed E-state index contributed by atoms with van der Waals surface area (Å²) < 4.78 is 43.3. The minimum absolute atomic E-state index is 0.0685. The lowest BCUT2D eigenvalue weighted by molar-refractivity contribution is -0.185. The number of alkyl halides is 3. The van der Waals surface area contributed by atoms with Crippen molar-refractivity contribution in [2.75, 3.05) is 18.5 Å². The highest BCUT2D eigenvalue weighted by Gasteiger charge is 2.41. The lowest BCUT2D eigenvalue weighted by Gasteiger charge is -2.22. The van der Waals surface area contributed by atoms with Crippen LogP contribution in [0.5, 0.6) is 0 Å². The number of amides is 2. The number of nitrogens with one attached hydrogen (secondary N) is 1. The van der Waals surface area contributed by atoms with Crippen LogP contribution in [-0.4, -0.2) is 42.1 Å². The first-order chi connectivity index (χ1) is 12.2. The summed E-state index contributed by atoms with van der Waals surface area (Å²) in [4.78, 5) is 24.2. The molecule has 0 aromatic heterocycles. The Balaban J connectivity index is 1.95. The third kappa shape index (κ3) is 6.01. The van der Waals surface area contributed by atoms with Gasteiger partial charge in [-0.1, -0.05) is 12.1 Å². The van der Waals surface area contributed by atoms with E-state index in [0.29, 0.717) is 28.7 Å². The molecule has 1 fully saturated rings. The summed E-state index contributed by atoms with van der Waals surface area (Å²) in [6.07, 6.45) is -3.27. The van der Waals surface area contributed by atoms with Crippen LogP contribution in [0, 0.1) is 5.92 Å². The van der Waals surface area contributed by atoms with E-state index in [2.05, 4.69) is 5.32 Å². The van der Waals surface area contributed by atoms with Gasteiger partial charge in [-0.15, -0.1) is 0 Å². The van der Waals surface area contributed by atoms with Crippen molar-refractivity contribution in [2.24, 2.45) is 5.92 Å². The van der Waals surface area contributed by atoms with E-state index in [1.54, 1.807) is 31.2 Å². The zero-order chi connectivity index (χ0) is 19.3. The molecule has 1 N–H and O–H groups in total. The molecule has 0 saturated heterocycles. The average Bonchev–Trinajstić information content (AvgIpc) is 3.40. The molecule has 26 heavy (non-hydrogen) atoms. The number of ether oxygens (including phenoxy) is 1. The summed E-state index contributed by atoms with van der Waals surface area (Å²) >= 11 is 0. The molecular formula is C18H23F3N2O3. The van der Waals surface area contributed by atoms with Crippen molar-refractivity contribution in [1.29, 1.82) is 0 Å². The standard InChI is InChI=1S/C18H23F3N2O3/c1-3-23(17(25)18(19,20)21)10-14-5-4-6-15(9-14)22-16(24)12(2)26-11-13-7-8-13/h4-6,9,12-13H,3,7-8,10-11H2,1-2H3,(H,22,24). The maximum Gasteiger partial charge on any atom is 0.471 e. The summed E-state index contributed by atoms with van der Waals surface area (Å²) in [7, 11) is 0. The van der Waals surface area contributed by atoms with E-state index in [9.17, 15) is 22.8 Å². The molecule has 0 bridgehead atoms. The van der Waals surface area contributed by atoms with Gasteiger partial charge in [0.2, 0.25) is 0 Å². The van der Waals surface area contributed by atoms with Gasteiger partial charge in [-0.25, -0.2) is 0 Å². The van der Waals surface area contributed by atoms with Gasteiger partial charge in [0.05, 0.1) is 6.61 Å². The lowest BCUT2D eigenvalue weighted by Crippen LogP contribution is -2.40. The molecule has 1 aliphatic carbocycles. The number of carbonyl (C=O) groups is 2. The van der Waals surface area contributed by atoms with Crippen LogP contribution < -0.4 is 5.32 Å². The molecule has 8 heteroatoms. The van der Waals surface area contributed by atoms with Crippen LogP contribution in [0.25, 0.3) is 0 Å². The van der Waals surface area contributed by atoms with Crippen molar-refractivity contribution >= 4 is 17.5 Å². The highest BCUT2D eigenvalue weighted by Crippen LogP contribution is 2.29. The summed E-state index contributed by atoms with van der Waals surface area (Å²) in [5.41, 5.74) is 0.943. The van der Waals surface area contributed by atoms with E-state index in [0.717, 1.165) is 12.8 Å². The first kappa shape index (κ1) is 20.2. The largest absolute Gasteiger partial charge is 0.471 e. The van der Waals surface area contributed by atoms with Crippen LogP contribution in [0.3, 0.4) is 0 Å². The maximum absolute atomic E-state index is 12.6. The molecule has 2 rings (SSSR count). The second-order valence-corrected chi connectivity index (χ2v) is 6.43. The first-order valence-corrected chi connectivity index (χ1v) is 8.58. The summed E-state index contributed by atoms with van der Waals surface area (Å²) in [6, 6.07) is 6.41. The molecular weight excluding hydrogens is 349 g/mol. The van der Waals surface area contributed by atoms with E-state index < -0.39 is 18.2 Å². The van der Waals surface area contributed by atoms with Crippen molar-refractivity contribution in [3.63, 3.8) is 0 Å². The second-order valence-electron chi connectivity index (χ2n) is 6.43. The fraction of sp³-hybridized carbons (Fsp3) is 0.556. The van der Waals surface area contributed by atoms with Crippen LogP contribution in [0.1, 0.15) is 32.3 Å². The molecule has 0 aliphatic heterocycles. The predicted molar refractivity (Wildman–Crippen MR) is 90.4 cm³/mol. The number of carbonyl (C=O) groups excluding carboxylic acids is 2. The average molecular weight is 372 g/mol. The molecule has 0 heterocycles. The Morgan fingerprint density at radius 1 is 1.35 bits per heavy atom. The molecule has 2 amide bonds. The zero-order valence-corrected chi connectivity index (χ0v) is 14.8. The molecule has 1 aromatic carbocycles. The van der Waals surface area contributed by atoms with Gasteiger partial charge in [0.25, 0.3) is 5.91 Å². The number of nitrogens with zero attached hydrogens (tertiary/aromatic N) is 1. The Kier molecular flexibility index (Phi) is 6.63. The van der Waals surface area contributed by atoms with Crippen molar-refractivity contribution in [3.8, 4) is 0 Å². The molecule has 1 saturated carbocycles. The number of hydrogen-bond donors (Lipinski definition) is 1. The summed E-state index contributed by atoms with van der Waals surface area (Å²) in [5, 5.41) is 2.69. The summed E-state index contributed by atoms with van der Waals surface area (Å²) in [6.45, 7) is 3.43. The van der Waals surface area contributed by atoms with Gasteiger partial charge in [-0.2, -0.15) is 13.2 Å². The Morgan fingerprint density at radius 3 is 2.62 bits per heavy atom. The SMILES string of the molecule is CCN(Cc1cccc(NC(=O)C(C)OCC2CC2)c1)C(=O)C(F)(F)F. The number of benzene rings is 1. The molecule has 1 aliphatic rings.